The normalized spacial score (nSPS) is 11.6. The van der Waals surface area contributed by atoms with Gasteiger partial charge in [-0.2, -0.15) is 0 Å². The molecule has 0 aliphatic carbocycles. The average molecular weight is 445 g/mol. The number of pyridine rings is 2. The van der Waals surface area contributed by atoms with E-state index in [1.165, 1.54) is 0 Å². The van der Waals surface area contributed by atoms with Crippen molar-refractivity contribution in [3.8, 4) is 11.5 Å². The molecule has 0 bridgehead atoms. The maximum absolute atomic E-state index is 5.72. The number of hydrogen-bond donors (Lipinski definition) is 0. The molecule has 0 saturated heterocycles. The van der Waals surface area contributed by atoms with Crippen LogP contribution in [0.5, 0.6) is 11.5 Å². The number of rotatable bonds is 6. The molecule has 3 aromatic carbocycles. The molecule has 2 aromatic heterocycles. The zero-order valence-electron chi connectivity index (χ0n) is 19.1. The van der Waals surface area contributed by atoms with E-state index in [9.17, 15) is 0 Å². The van der Waals surface area contributed by atoms with Gasteiger partial charge in [0.2, 0.25) is 0 Å². The molecule has 0 fully saturated rings. The van der Waals surface area contributed by atoms with Crippen LogP contribution in [0.15, 0.2) is 85.2 Å². The van der Waals surface area contributed by atoms with Crippen molar-refractivity contribution in [1.82, 2.24) is 9.97 Å². The topological polar surface area (TPSA) is 44.2 Å². The van der Waals surface area contributed by atoms with Crippen molar-refractivity contribution in [2.24, 2.45) is 0 Å². The molecular weight excluding hydrogens is 420 g/mol. The molecule has 0 amide bonds. The van der Waals surface area contributed by atoms with Gasteiger partial charge in [-0.1, -0.05) is 60.7 Å². The smallest absolute Gasteiger partial charge is 0.126 e. The molecule has 5 rings (SSSR count). The van der Waals surface area contributed by atoms with Gasteiger partial charge in [0.25, 0.3) is 0 Å². The second kappa shape index (κ2) is 9.59. The molecule has 2 heterocycles. The molecule has 5 aromatic rings. The first-order valence-electron chi connectivity index (χ1n) is 11.1. The third kappa shape index (κ3) is 4.26. The quantitative estimate of drug-likeness (QED) is 0.279. The molecule has 0 atom stereocenters. The fourth-order valence-electron chi connectivity index (χ4n) is 4.09. The van der Waals surface area contributed by atoms with E-state index < -0.39 is 0 Å². The van der Waals surface area contributed by atoms with Crippen LogP contribution in [0.3, 0.4) is 0 Å². The van der Waals surface area contributed by atoms with Gasteiger partial charge >= 0.3 is 0 Å². The molecule has 0 aliphatic heterocycles. The largest absolute Gasteiger partial charge is 0.496 e. The Morgan fingerprint density at radius 2 is 0.941 bits per heavy atom. The van der Waals surface area contributed by atoms with Crippen molar-refractivity contribution < 1.29 is 9.47 Å². The van der Waals surface area contributed by atoms with Gasteiger partial charge in [-0.15, -0.1) is 0 Å². The lowest BCUT2D eigenvalue weighted by atomic mass is 10.0. The fraction of sp³-hybridized carbons (Fsp3) is 0.0667. The van der Waals surface area contributed by atoms with E-state index >= 15 is 0 Å². The first-order valence-corrected chi connectivity index (χ1v) is 11.1. The number of methoxy groups -OCH3 is 2. The van der Waals surface area contributed by atoms with E-state index in [1.54, 1.807) is 14.2 Å². The Kier molecular flexibility index (Phi) is 6.04. The molecular formula is C30H24N2O2. The summed E-state index contributed by atoms with van der Waals surface area (Å²) in [7, 11) is 3.37. The summed E-state index contributed by atoms with van der Waals surface area (Å²) < 4.78 is 11.4. The molecule has 0 saturated carbocycles. The maximum atomic E-state index is 5.72. The monoisotopic (exact) mass is 444 g/mol. The number of hydrogen-bond acceptors (Lipinski definition) is 4. The highest BCUT2D eigenvalue weighted by Gasteiger charge is 2.09. The summed E-state index contributed by atoms with van der Waals surface area (Å²) >= 11 is 0. The highest BCUT2D eigenvalue weighted by molar-refractivity contribution is 5.92. The van der Waals surface area contributed by atoms with E-state index in [-0.39, 0.29) is 0 Å². The predicted octanol–water partition coefficient (Wildman–Crippen LogP) is 7.14. The summed E-state index contributed by atoms with van der Waals surface area (Å²) in [5, 5.41) is 2.22. The van der Waals surface area contributed by atoms with Crippen molar-refractivity contribution >= 4 is 46.1 Å². The van der Waals surface area contributed by atoms with Crippen molar-refractivity contribution in [2.75, 3.05) is 14.2 Å². The predicted molar refractivity (Wildman–Crippen MR) is 141 cm³/mol. The van der Waals surface area contributed by atoms with Crippen LogP contribution in [0, 0.1) is 0 Å². The van der Waals surface area contributed by atoms with Gasteiger partial charge in [-0.25, -0.2) is 0 Å². The third-order valence-corrected chi connectivity index (χ3v) is 5.83. The van der Waals surface area contributed by atoms with Gasteiger partial charge in [0.15, 0.2) is 0 Å². The van der Waals surface area contributed by atoms with Crippen LogP contribution in [-0.4, -0.2) is 24.2 Å². The average Bonchev–Trinajstić information content (AvgIpc) is 2.90. The molecule has 0 unspecified atom stereocenters. The van der Waals surface area contributed by atoms with Crippen LogP contribution < -0.4 is 9.47 Å². The number of benzene rings is 3. The summed E-state index contributed by atoms with van der Waals surface area (Å²) in [5.74, 6) is 1.55. The van der Waals surface area contributed by atoms with E-state index in [0.717, 1.165) is 55.6 Å². The second-order valence-corrected chi connectivity index (χ2v) is 7.84. The van der Waals surface area contributed by atoms with Crippen LogP contribution in [0.4, 0.5) is 0 Å². The summed E-state index contributed by atoms with van der Waals surface area (Å²) in [6.07, 6.45) is 11.9. The first kappa shape index (κ1) is 21.4. The molecule has 0 N–H and O–H groups in total. The number of aromatic nitrogens is 2. The molecule has 34 heavy (non-hydrogen) atoms. The number of ether oxygens (including phenoxy) is 2. The van der Waals surface area contributed by atoms with Crippen LogP contribution in [0.25, 0.3) is 46.1 Å². The van der Waals surface area contributed by atoms with Crippen molar-refractivity contribution in [1.29, 1.82) is 0 Å². The lowest BCUT2D eigenvalue weighted by Crippen LogP contribution is -1.93. The van der Waals surface area contributed by atoms with Crippen LogP contribution in [0.2, 0.25) is 0 Å². The van der Waals surface area contributed by atoms with Gasteiger partial charge in [0.1, 0.15) is 11.5 Å². The standard InChI is InChI=1S/C30H24N2O2/c1-33-29-19-24(14-12-22-16-18-32-28-10-6-4-8-26(22)28)30(34-2)20-23(29)13-11-21-15-17-31-27-9-5-3-7-25(21)27/h3-20H,1-2H3/b13-11+,14-12+. The fourth-order valence-corrected chi connectivity index (χ4v) is 4.09. The van der Waals surface area contributed by atoms with Gasteiger partial charge in [-0.3, -0.25) is 9.97 Å². The first-order chi connectivity index (χ1) is 16.8. The molecule has 0 aliphatic rings. The van der Waals surface area contributed by atoms with Crippen molar-refractivity contribution in [3.63, 3.8) is 0 Å². The van der Waals surface area contributed by atoms with Gasteiger partial charge in [0, 0.05) is 34.3 Å². The zero-order chi connectivity index (χ0) is 23.3. The number of para-hydroxylation sites is 2. The van der Waals surface area contributed by atoms with Gasteiger partial charge < -0.3 is 9.47 Å². The van der Waals surface area contributed by atoms with E-state index in [4.69, 9.17) is 9.47 Å². The lowest BCUT2D eigenvalue weighted by Gasteiger charge is -2.11. The van der Waals surface area contributed by atoms with Crippen molar-refractivity contribution in [2.45, 2.75) is 0 Å². The Morgan fingerprint density at radius 3 is 1.38 bits per heavy atom. The number of fused-ring (bicyclic) bond motifs is 2. The Labute approximate surface area is 198 Å². The Hall–Kier alpha value is -4.44. The lowest BCUT2D eigenvalue weighted by molar-refractivity contribution is 0.401. The Balaban J connectivity index is 1.51. The summed E-state index contributed by atoms with van der Waals surface area (Å²) in [5.41, 5.74) is 6.01. The van der Waals surface area contributed by atoms with E-state index in [2.05, 4.69) is 34.3 Å². The molecule has 0 spiro atoms. The SMILES string of the molecule is COc1cc(/C=C/c2ccnc3ccccc23)c(OC)cc1/C=C/c1ccnc2ccccc12. The summed E-state index contributed by atoms with van der Waals surface area (Å²) in [4.78, 5) is 8.89. The summed E-state index contributed by atoms with van der Waals surface area (Å²) in [6, 6.07) is 24.3. The van der Waals surface area contributed by atoms with Gasteiger partial charge in [0.05, 0.1) is 25.3 Å². The third-order valence-electron chi connectivity index (χ3n) is 5.83. The van der Waals surface area contributed by atoms with E-state index in [1.807, 2.05) is 85.2 Å². The molecule has 0 radical (unpaired) electrons. The highest BCUT2D eigenvalue weighted by Crippen LogP contribution is 2.32. The number of nitrogens with zero attached hydrogens (tertiary/aromatic N) is 2. The van der Waals surface area contributed by atoms with Crippen LogP contribution >= 0.6 is 0 Å². The summed E-state index contributed by atoms with van der Waals surface area (Å²) in [6.45, 7) is 0. The van der Waals surface area contributed by atoms with Gasteiger partial charge in [-0.05, 0) is 47.5 Å². The minimum atomic E-state index is 0.773. The minimum Gasteiger partial charge on any atom is -0.496 e. The van der Waals surface area contributed by atoms with Crippen LogP contribution in [0.1, 0.15) is 22.3 Å². The van der Waals surface area contributed by atoms with E-state index in [0.29, 0.717) is 0 Å². The Bertz CT molecular complexity index is 1410. The zero-order valence-corrected chi connectivity index (χ0v) is 19.1. The minimum absolute atomic E-state index is 0.773. The highest BCUT2D eigenvalue weighted by atomic mass is 16.5. The molecule has 4 heteroatoms. The maximum Gasteiger partial charge on any atom is 0.126 e. The molecule has 166 valence electrons. The second-order valence-electron chi connectivity index (χ2n) is 7.84. The Morgan fingerprint density at radius 1 is 0.529 bits per heavy atom. The van der Waals surface area contributed by atoms with Crippen molar-refractivity contribution in [3.05, 3.63) is 107 Å². The molecule has 4 nitrogen and oxygen atoms in total. The van der Waals surface area contributed by atoms with Crippen LogP contribution in [-0.2, 0) is 0 Å².